The maximum Gasteiger partial charge on any atom is 0.0645 e. The molecular weight excluding hydrogens is 110 g/mol. The first-order valence-corrected chi connectivity index (χ1v) is 5.28. The van der Waals surface area contributed by atoms with Crippen molar-refractivity contribution in [3.05, 3.63) is 24.8 Å². The molecule has 2 heteroatoms. The van der Waals surface area contributed by atoms with Gasteiger partial charge in [0, 0.05) is 14.1 Å². The molecule has 0 amide bonds. The van der Waals surface area contributed by atoms with Gasteiger partial charge in [-0.05, 0) is 5.82 Å². The standard InChI is InChI=1S/C4H8P2/c1-3-5-6-4-2/h3-6H,1-2H2/p+1. The van der Waals surface area contributed by atoms with Crippen molar-refractivity contribution in [1.29, 1.82) is 0 Å². The van der Waals surface area contributed by atoms with Crippen molar-refractivity contribution in [2.45, 2.75) is 0 Å². The second-order valence-corrected chi connectivity index (χ2v) is 4.32. The Morgan fingerprint density at radius 2 is 2.17 bits per heavy atom. The number of hydrogen-bond donors (Lipinski definition) is 0. The Kier molecular flexibility index (Phi) is 5.64. The lowest BCUT2D eigenvalue weighted by Crippen LogP contribution is -1.18. The first-order chi connectivity index (χ1) is 2.91. The summed E-state index contributed by atoms with van der Waals surface area (Å²) in [5, 5.41) is 0. The molecule has 0 bridgehead atoms. The molecule has 0 heterocycles. The summed E-state index contributed by atoms with van der Waals surface area (Å²) in [5.41, 5.74) is 0. The van der Waals surface area contributed by atoms with Crippen molar-refractivity contribution in [2.24, 2.45) is 0 Å². The summed E-state index contributed by atoms with van der Waals surface area (Å²) < 4.78 is 0. The minimum absolute atomic E-state index is 0.492. The highest BCUT2D eigenvalue weighted by Gasteiger charge is 1.74. The third-order valence-electron chi connectivity index (χ3n) is 0.332. The fourth-order valence-corrected chi connectivity index (χ4v) is 1.22. The molecule has 0 aliphatic heterocycles. The second-order valence-electron chi connectivity index (χ2n) is 0.773. The molecule has 0 N–H and O–H groups in total. The first kappa shape index (κ1) is 6.34. The first-order valence-electron chi connectivity index (χ1n) is 1.73. The van der Waals surface area contributed by atoms with Gasteiger partial charge in [0.1, 0.15) is 0 Å². The molecule has 0 aliphatic carbocycles. The van der Waals surface area contributed by atoms with Crippen LogP contribution in [0.4, 0.5) is 0 Å². The smallest absolute Gasteiger partial charge is 0.0645 e. The molecule has 6 heavy (non-hydrogen) atoms. The van der Waals surface area contributed by atoms with Crippen LogP contribution in [-0.2, 0) is 0 Å². The molecule has 0 saturated carbocycles. The van der Waals surface area contributed by atoms with Crippen LogP contribution < -0.4 is 0 Å². The molecule has 0 spiro atoms. The highest BCUT2D eigenvalue weighted by atomic mass is 32.0. The van der Waals surface area contributed by atoms with Crippen molar-refractivity contribution < 1.29 is 0 Å². The molecule has 0 aliphatic rings. The molecule has 0 nitrogen and oxygen atoms in total. The van der Waals surface area contributed by atoms with Gasteiger partial charge in [-0.25, -0.2) is 0 Å². The van der Waals surface area contributed by atoms with Gasteiger partial charge < -0.3 is 0 Å². The molecular formula is C4H9P2+. The van der Waals surface area contributed by atoms with Crippen molar-refractivity contribution >= 4 is 16.5 Å². The molecule has 0 fully saturated rings. The van der Waals surface area contributed by atoms with Gasteiger partial charge >= 0.3 is 0 Å². The van der Waals surface area contributed by atoms with Gasteiger partial charge in [-0.3, -0.25) is 0 Å². The SMILES string of the molecule is C=CP[PH2+]C=C. The maximum absolute atomic E-state index is 3.59. The van der Waals surface area contributed by atoms with Crippen LogP contribution in [0.1, 0.15) is 0 Å². The van der Waals surface area contributed by atoms with E-state index < -0.39 is 0 Å². The second kappa shape index (κ2) is 5.34. The molecule has 0 radical (unpaired) electrons. The van der Waals surface area contributed by atoms with E-state index in [1.165, 1.54) is 0 Å². The molecule has 0 saturated heterocycles. The van der Waals surface area contributed by atoms with E-state index in [-0.39, 0.29) is 0 Å². The summed E-state index contributed by atoms with van der Waals surface area (Å²) in [6.07, 6.45) is 0. The van der Waals surface area contributed by atoms with Gasteiger partial charge in [-0.15, -0.1) is 0 Å². The summed E-state index contributed by atoms with van der Waals surface area (Å²) >= 11 is 0. The zero-order chi connectivity index (χ0) is 4.83. The normalized spacial score (nSPS) is 11.3. The summed E-state index contributed by atoms with van der Waals surface area (Å²) in [6.45, 7) is 7.18. The van der Waals surface area contributed by atoms with Crippen LogP contribution >= 0.6 is 16.5 Å². The predicted octanol–water partition coefficient (Wildman–Crippen LogP) is 2.28. The molecule has 34 valence electrons. The van der Waals surface area contributed by atoms with Gasteiger partial charge in [0.05, 0.1) is 8.27 Å². The van der Waals surface area contributed by atoms with Crippen molar-refractivity contribution in [1.82, 2.24) is 0 Å². The average molecular weight is 119 g/mol. The Bertz CT molecular complexity index is 41.5. The van der Waals surface area contributed by atoms with Crippen LogP contribution in [-0.4, -0.2) is 0 Å². The van der Waals surface area contributed by atoms with Gasteiger partial charge in [0.15, 0.2) is 0 Å². The molecule has 0 aromatic rings. The third kappa shape index (κ3) is 4.34. The van der Waals surface area contributed by atoms with Crippen LogP contribution in [0.15, 0.2) is 24.8 Å². The van der Waals surface area contributed by atoms with Crippen molar-refractivity contribution in [2.75, 3.05) is 0 Å². The van der Waals surface area contributed by atoms with Gasteiger partial charge in [0.2, 0.25) is 0 Å². The Morgan fingerprint density at radius 3 is 2.33 bits per heavy atom. The van der Waals surface area contributed by atoms with Crippen molar-refractivity contribution in [3.8, 4) is 0 Å². The molecule has 2 unspecified atom stereocenters. The van der Waals surface area contributed by atoms with Crippen LogP contribution in [0.3, 0.4) is 0 Å². The van der Waals surface area contributed by atoms with Gasteiger partial charge in [-0.1, -0.05) is 13.2 Å². The average Bonchev–Trinajstić information content (AvgIpc) is 1.61. The fraction of sp³-hybridized carbons (Fsp3) is 0. The fourth-order valence-electron chi connectivity index (χ4n) is 0.136. The molecule has 0 aromatic heterocycles. The zero-order valence-electron chi connectivity index (χ0n) is 3.65. The van der Waals surface area contributed by atoms with E-state index in [0.29, 0.717) is 8.27 Å². The Balaban J connectivity index is 2.66. The lowest BCUT2D eigenvalue weighted by molar-refractivity contribution is 2.64. The highest BCUT2D eigenvalue weighted by Crippen LogP contribution is 2.37. The largest absolute Gasteiger partial charge is 0.0954 e. The third-order valence-corrected chi connectivity index (χ3v) is 2.99. The maximum atomic E-state index is 3.59. The molecule has 0 aromatic carbocycles. The van der Waals surface area contributed by atoms with Crippen LogP contribution in [0, 0.1) is 0 Å². The monoisotopic (exact) mass is 119 g/mol. The highest BCUT2D eigenvalue weighted by molar-refractivity contribution is 8.14. The van der Waals surface area contributed by atoms with E-state index in [0.717, 1.165) is 8.27 Å². The lowest BCUT2D eigenvalue weighted by Gasteiger charge is -1.68. The topological polar surface area (TPSA) is 0 Å². The molecule has 2 atom stereocenters. The van der Waals surface area contributed by atoms with E-state index in [1.54, 1.807) is 0 Å². The predicted molar refractivity (Wildman–Crippen MR) is 38.4 cm³/mol. The van der Waals surface area contributed by atoms with E-state index in [1.807, 2.05) is 11.6 Å². The lowest BCUT2D eigenvalue weighted by atomic mass is 11.3. The number of rotatable bonds is 3. The summed E-state index contributed by atoms with van der Waals surface area (Å²) in [5.74, 6) is 3.94. The summed E-state index contributed by atoms with van der Waals surface area (Å²) in [4.78, 5) is 0. The van der Waals surface area contributed by atoms with Crippen LogP contribution in [0.25, 0.3) is 0 Å². The van der Waals surface area contributed by atoms with E-state index >= 15 is 0 Å². The van der Waals surface area contributed by atoms with Gasteiger partial charge in [0.25, 0.3) is 0 Å². The van der Waals surface area contributed by atoms with Crippen molar-refractivity contribution in [3.63, 3.8) is 0 Å². The summed E-state index contributed by atoms with van der Waals surface area (Å²) in [6, 6.07) is 0. The number of hydrogen-bond acceptors (Lipinski definition) is 0. The Morgan fingerprint density at radius 1 is 1.50 bits per heavy atom. The van der Waals surface area contributed by atoms with E-state index in [9.17, 15) is 0 Å². The van der Waals surface area contributed by atoms with E-state index in [4.69, 9.17) is 0 Å². The van der Waals surface area contributed by atoms with E-state index in [2.05, 4.69) is 13.2 Å². The zero-order valence-corrected chi connectivity index (χ0v) is 5.80. The van der Waals surface area contributed by atoms with Crippen LogP contribution in [0.2, 0.25) is 0 Å². The quantitative estimate of drug-likeness (QED) is 0.395. The Hall–Kier alpha value is 0.340. The molecule has 0 rings (SSSR count). The van der Waals surface area contributed by atoms with Gasteiger partial charge in [-0.2, -0.15) is 0 Å². The summed E-state index contributed by atoms with van der Waals surface area (Å²) in [7, 11) is 1.44. The Labute approximate surface area is 42.2 Å². The minimum Gasteiger partial charge on any atom is -0.0954 e. The minimum atomic E-state index is 0.492. The van der Waals surface area contributed by atoms with Crippen LogP contribution in [0.5, 0.6) is 0 Å².